The number of hydrogen-bond donors (Lipinski definition) is 2. The van der Waals surface area contributed by atoms with Gasteiger partial charge in [-0.05, 0) is 30.2 Å². The van der Waals surface area contributed by atoms with E-state index in [2.05, 4.69) is 10.1 Å². The second-order valence-electron chi connectivity index (χ2n) is 7.70. The number of nitro groups is 1. The van der Waals surface area contributed by atoms with Crippen molar-refractivity contribution in [3.8, 4) is 22.8 Å². The Bertz CT molecular complexity index is 1490. The van der Waals surface area contributed by atoms with E-state index in [-0.39, 0.29) is 31.9 Å². The van der Waals surface area contributed by atoms with Crippen LogP contribution in [-0.2, 0) is 10.0 Å². The number of nitrogens with zero attached hydrogens (tertiary/aromatic N) is 5. The van der Waals surface area contributed by atoms with Gasteiger partial charge in [-0.2, -0.15) is 14.4 Å². The number of para-hydroxylation sites is 1. The van der Waals surface area contributed by atoms with Gasteiger partial charge < -0.3 is 14.9 Å². The minimum Gasteiger partial charge on any atom is -0.508 e. The van der Waals surface area contributed by atoms with Crippen LogP contribution in [0.25, 0.3) is 16.8 Å². The van der Waals surface area contributed by atoms with Gasteiger partial charge in [0.15, 0.2) is 10.5 Å². The Hall–Kier alpha value is -4.07. The molecule has 12 nitrogen and oxygen atoms in total. The van der Waals surface area contributed by atoms with Crippen LogP contribution in [0.5, 0.6) is 11.6 Å². The van der Waals surface area contributed by atoms with Crippen molar-refractivity contribution >= 4 is 21.4 Å². The zero-order valence-electron chi connectivity index (χ0n) is 19.0. The minimum atomic E-state index is -4.22. The van der Waals surface area contributed by atoms with Gasteiger partial charge in [0.05, 0.1) is 24.3 Å². The fourth-order valence-electron chi connectivity index (χ4n) is 3.66. The Labute approximate surface area is 206 Å². The van der Waals surface area contributed by atoms with Crippen LogP contribution in [0.2, 0.25) is 0 Å². The molecule has 0 unspecified atom stereocenters. The second kappa shape index (κ2) is 10.7. The summed E-state index contributed by atoms with van der Waals surface area (Å²) in [7, 11) is -4.22. The lowest BCUT2D eigenvalue weighted by atomic mass is 10.1. The SMILES string of the molecule is O=[N+]([O-])c1ccccc1S(=O)(=O)N(CCO)CCCOc1ccn2ncc(-c3cccc(O)c3)c2n1. The lowest BCUT2D eigenvalue weighted by Crippen LogP contribution is -2.35. The Kier molecular flexibility index (Phi) is 7.43. The predicted molar refractivity (Wildman–Crippen MR) is 129 cm³/mol. The third-order valence-electron chi connectivity index (χ3n) is 5.33. The van der Waals surface area contributed by atoms with Crippen molar-refractivity contribution in [2.45, 2.75) is 11.3 Å². The van der Waals surface area contributed by atoms with Gasteiger partial charge in [0.2, 0.25) is 15.9 Å². The summed E-state index contributed by atoms with van der Waals surface area (Å²) in [6.07, 6.45) is 3.54. The normalized spacial score (nSPS) is 11.7. The zero-order chi connectivity index (χ0) is 25.7. The maximum atomic E-state index is 13.1. The number of phenolic OH excluding ortho intramolecular Hbond substituents is 1. The van der Waals surface area contributed by atoms with E-state index in [0.29, 0.717) is 17.1 Å². The fraction of sp³-hybridized carbons (Fsp3) is 0.217. The largest absolute Gasteiger partial charge is 0.508 e. The van der Waals surface area contributed by atoms with E-state index in [1.165, 1.54) is 18.2 Å². The lowest BCUT2D eigenvalue weighted by Gasteiger charge is -2.21. The highest BCUT2D eigenvalue weighted by atomic mass is 32.2. The molecular weight excluding hydrogens is 490 g/mol. The van der Waals surface area contributed by atoms with Crippen LogP contribution in [0.1, 0.15) is 6.42 Å². The summed E-state index contributed by atoms with van der Waals surface area (Å²) < 4.78 is 34.4. The molecular formula is C23H23N5O7S. The second-order valence-corrected chi connectivity index (χ2v) is 9.60. The van der Waals surface area contributed by atoms with Crippen molar-refractivity contribution in [1.29, 1.82) is 0 Å². The Morgan fingerprint density at radius 1 is 1.11 bits per heavy atom. The molecule has 188 valence electrons. The van der Waals surface area contributed by atoms with E-state index < -0.39 is 32.1 Å². The number of aromatic nitrogens is 3. The molecule has 0 aliphatic carbocycles. The summed E-state index contributed by atoms with van der Waals surface area (Å²) in [5.74, 6) is 0.405. The molecule has 2 N–H and O–H groups in total. The molecule has 0 amide bonds. The molecule has 2 heterocycles. The molecule has 2 aromatic carbocycles. The number of phenols is 1. The molecule has 0 saturated heterocycles. The van der Waals surface area contributed by atoms with Crippen LogP contribution in [0.4, 0.5) is 5.69 Å². The number of fused-ring (bicyclic) bond motifs is 1. The highest BCUT2D eigenvalue weighted by molar-refractivity contribution is 7.89. The third-order valence-corrected chi connectivity index (χ3v) is 7.28. The number of nitro benzene ring substituents is 1. The molecule has 0 spiro atoms. The van der Waals surface area contributed by atoms with Gasteiger partial charge in [-0.25, -0.2) is 12.9 Å². The number of ether oxygens (including phenoxy) is 1. The van der Waals surface area contributed by atoms with Crippen LogP contribution in [0, 0.1) is 10.1 Å². The minimum absolute atomic E-state index is 0.0294. The van der Waals surface area contributed by atoms with Gasteiger partial charge in [-0.15, -0.1) is 0 Å². The Morgan fingerprint density at radius 3 is 2.67 bits per heavy atom. The molecule has 4 aromatic rings. The van der Waals surface area contributed by atoms with Gasteiger partial charge in [0, 0.05) is 37.0 Å². The summed E-state index contributed by atoms with van der Waals surface area (Å²) in [4.78, 5) is 14.6. The Morgan fingerprint density at radius 2 is 1.92 bits per heavy atom. The van der Waals surface area contributed by atoms with Crippen molar-refractivity contribution in [2.75, 3.05) is 26.3 Å². The van der Waals surface area contributed by atoms with Gasteiger partial charge >= 0.3 is 0 Å². The monoisotopic (exact) mass is 513 g/mol. The van der Waals surface area contributed by atoms with Crippen LogP contribution in [0.3, 0.4) is 0 Å². The summed E-state index contributed by atoms with van der Waals surface area (Å²) in [5, 5.41) is 34.7. The first-order chi connectivity index (χ1) is 17.3. The number of aromatic hydroxyl groups is 1. The zero-order valence-corrected chi connectivity index (χ0v) is 19.8. The molecule has 36 heavy (non-hydrogen) atoms. The fourth-order valence-corrected chi connectivity index (χ4v) is 5.28. The third kappa shape index (κ3) is 5.27. The van der Waals surface area contributed by atoms with Crippen LogP contribution in [-0.4, -0.2) is 68.8 Å². The average Bonchev–Trinajstić information content (AvgIpc) is 3.29. The summed E-state index contributed by atoms with van der Waals surface area (Å²) in [6.45, 7) is -0.592. The standard InChI is InChI=1S/C23H23N5O7S/c29-13-12-26(36(33,34)21-8-2-1-7-20(21)28(31)32)10-4-14-35-22-9-11-27-23(25-22)19(16-24-27)17-5-3-6-18(30)15-17/h1-3,5-9,11,15-16,29-30H,4,10,12-14H2. The molecule has 13 heteroatoms. The topological polar surface area (TPSA) is 160 Å². The van der Waals surface area contributed by atoms with Crippen molar-refractivity contribution in [1.82, 2.24) is 18.9 Å². The summed E-state index contributed by atoms with van der Waals surface area (Å²) in [5.41, 5.74) is 1.41. The van der Waals surface area contributed by atoms with Crippen LogP contribution < -0.4 is 4.74 Å². The highest BCUT2D eigenvalue weighted by Gasteiger charge is 2.30. The van der Waals surface area contributed by atoms with Gasteiger partial charge in [0.1, 0.15) is 5.75 Å². The molecule has 2 aromatic heterocycles. The molecule has 0 fully saturated rings. The van der Waals surface area contributed by atoms with E-state index in [1.54, 1.807) is 41.2 Å². The average molecular weight is 514 g/mol. The van der Waals surface area contributed by atoms with E-state index in [9.17, 15) is 28.7 Å². The molecule has 0 radical (unpaired) electrons. The maximum Gasteiger partial charge on any atom is 0.289 e. The lowest BCUT2D eigenvalue weighted by molar-refractivity contribution is -0.387. The summed E-state index contributed by atoms with van der Waals surface area (Å²) in [6, 6.07) is 13.4. The number of aliphatic hydroxyl groups is 1. The van der Waals surface area contributed by atoms with E-state index in [0.717, 1.165) is 15.9 Å². The first-order valence-electron chi connectivity index (χ1n) is 10.9. The van der Waals surface area contributed by atoms with Crippen molar-refractivity contribution in [2.24, 2.45) is 0 Å². The number of sulfonamides is 1. The van der Waals surface area contributed by atoms with Crippen molar-refractivity contribution in [3.05, 3.63) is 77.1 Å². The molecule has 0 bridgehead atoms. The van der Waals surface area contributed by atoms with Gasteiger partial charge in [0.25, 0.3) is 5.69 Å². The molecule has 0 saturated carbocycles. The smallest absolute Gasteiger partial charge is 0.289 e. The van der Waals surface area contributed by atoms with Crippen molar-refractivity contribution < 1.29 is 28.3 Å². The van der Waals surface area contributed by atoms with E-state index in [1.807, 2.05) is 6.07 Å². The van der Waals surface area contributed by atoms with Crippen molar-refractivity contribution in [3.63, 3.8) is 0 Å². The van der Waals surface area contributed by atoms with E-state index >= 15 is 0 Å². The first-order valence-corrected chi connectivity index (χ1v) is 12.4. The number of rotatable bonds is 11. The van der Waals surface area contributed by atoms with Gasteiger partial charge in [-0.1, -0.05) is 24.3 Å². The van der Waals surface area contributed by atoms with Crippen LogP contribution in [0.15, 0.2) is 71.9 Å². The molecule has 0 aliphatic heterocycles. The number of aliphatic hydroxyl groups excluding tert-OH is 1. The predicted octanol–water partition coefficient (Wildman–Crippen LogP) is 2.46. The molecule has 0 aliphatic rings. The number of hydrogen-bond acceptors (Lipinski definition) is 9. The maximum absolute atomic E-state index is 13.1. The quantitative estimate of drug-likeness (QED) is 0.174. The molecule has 0 atom stereocenters. The highest BCUT2D eigenvalue weighted by Crippen LogP contribution is 2.28. The first kappa shape index (κ1) is 25.0. The molecule has 4 rings (SSSR count). The Balaban J connectivity index is 1.45. The summed E-state index contributed by atoms with van der Waals surface area (Å²) >= 11 is 0. The number of benzene rings is 2. The van der Waals surface area contributed by atoms with Gasteiger partial charge in [-0.3, -0.25) is 10.1 Å². The van der Waals surface area contributed by atoms with E-state index in [4.69, 9.17) is 4.74 Å². The van der Waals surface area contributed by atoms with Crippen LogP contribution >= 0.6 is 0 Å².